The Morgan fingerprint density at radius 2 is 1.72 bits per heavy atom. The Bertz CT molecular complexity index is 289. The first-order valence-electron chi connectivity index (χ1n) is 6.91. The third kappa shape index (κ3) is 8.54. The Labute approximate surface area is 118 Å². The summed E-state index contributed by atoms with van der Waals surface area (Å²) < 4.78 is 9.69. The van der Waals surface area contributed by atoms with Crippen LogP contribution in [0.4, 0.5) is 0 Å². The molecular weight excluding hydrogens is 248 g/mol. The van der Waals surface area contributed by atoms with Crippen LogP contribution >= 0.6 is 0 Å². The lowest BCUT2D eigenvalue weighted by Gasteiger charge is -2.02. The molecule has 0 amide bonds. The number of hydrogen-bond donors (Lipinski definition) is 0. The Kier molecular flexibility index (Phi) is 11.2. The van der Waals surface area contributed by atoms with Gasteiger partial charge in [0.1, 0.15) is 12.4 Å². The molecule has 0 aliphatic carbocycles. The van der Waals surface area contributed by atoms with Crippen molar-refractivity contribution in [1.82, 2.24) is 4.57 Å². The maximum Gasteiger partial charge on any atom is 0.245 e. The lowest BCUT2D eigenvalue weighted by atomic mass is 10.1. The van der Waals surface area contributed by atoms with E-state index in [-0.39, 0.29) is 12.4 Å². The van der Waals surface area contributed by atoms with Gasteiger partial charge in [0.15, 0.2) is 6.73 Å². The van der Waals surface area contributed by atoms with Crippen LogP contribution in [0.3, 0.4) is 0 Å². The van der Waals surface area contributed by atoms with Gasteiger partial charge in [-0.2, -0.15) is 0 Å². The van der Waals surface area contributed by atoms with Gasteiger partial charge in [0, 0.05) is 0 Å². The number of unbranched alkanes of at least 4 members (excludes halogenated alkanes) is 6. The average molecular weight is 275 g/mol. The molecule has 0 radical (unpaired) electrons. The highest BCUT2D eigenvalue weighted by Crippen LogP contribution is 2.06. The maximum atomic E-state index is 5.61. The van der Waals surface area contributed by atoms with Crippen molar-refractivity contribution in [2.75, 3.05) is 6.61 Å². The fourth-order valence-electron chi connectivity index (χ4n) is 1.91. The van der Waals surface area contributed by atoms with Crippen molar-refractivity contribution in [2.45, 2.75) is 58.6 Å². The molecule has 1 rings (SSSR count). The Morgan fingerprint density at radius 3 is 2.33 bits per heavy atom. The summed E-state index contributed by atoms with van der Waals surface area (Å²) in [5.74, 6) is 0. The summed E-state index contributed by atoms with van der Waals surface area (Å²) >= 11 is 0. The van der Waals surface area contributed by atoms with Crippen LogP contribution in [0.5, 0.6) is 0 Å². The minimum Gasteiger partial charge on any atom is -1.00 e. The zero-order chi connectivity index (χ0) is 12.3. The molecule has 4 heteroatoms. The number of rotatable bonds is 10. The fraction of sp³-hybridized carbons (Fsp3) is 0.786. The topological polar surface area (TPSA) is 18.0 Å². The van der Waals surface area contributed by atoms with Gasteiger partial charge in [0.2, 0.25) is 6.33 Å². The molecule has 0 atom stereocenters. The average Bonchev–Trinajstić information content (AvgIpc) is 2.73. The molecule has 0 N–H and O–H groups in total. The minimum atomic E-state index is 0. The number of aryl methyl sites for hydroxylation is 1. The van der Waals surface area contributed by atoms with E-state index in [2.05, 4.69) is 11.5 Å². The first-order valence-corrected chi connectivity index (χ1v) is 6.91. The van der Waals surface area contributed by atoms with Gasteiger partial charge >= 0.3 is 0 Å². The summed E-state index contributed by atoms with van der Waals surface area (Å²) in [6.45, 7) is 3.82. The Balaban J connectivity index is 0.00000289. The van der Waals surface area contributed by atoms with Crippen molar-refractivity contribution in [3.63, 3.8) is 0 Å². The smallest absolute Gasteiger partial charge is 0.245 e. The summed E-state index contributed by atoms with van der Waals surface area (Å²) in [7, 11) is 2.02. The van der Waals surface area contributed by atoms with E-state index >= 15 is 0 Å². The number of imidazole rings is 1. The molecule has 0 fully saturated rings. The van der Waals surface area contributed by atoms with Crippen molar-refractivity contribution < 1.29 is 21.7 Å². The molecule has 0 bridgehead atoms. The molecule has 0 aromatic carbocycles. The van der Waals surface area contributed by atoms with Gasteiger partial charge in [-0.3, -0.25) is 0 Å². The molecule has 0 aliphatic rings. The monoisotopic (exact) mass is 274 g/mol. The van der Waals surface area contributed by atoms with Gasteiger partial charge in [-0.05, 0) is 6.42 Å². The first-order chi connectivity index (χ1) is 8.33. The zero-order valence-corrected chi connectivity index (χ0v) is 12.5. The van der Waals surface area contributed by atoms with Gasteiger partial charge in [0.25, 0.3) is 0 Å². The third-order valence-electron chi connectivity index (χ3n) is 2.96. The number of aromatic nitrogens is 2. The summed E-state index contributed by atoms with van der Waals surface area (Å²) in [4.78, 5) is 0. The van der Waals surface area contributed by atoms with Crippen LogP contribution < -0.4 is 17.0 Å². The second-order valence-electron chi connectivity index (χ2n) is 4.75. The van der Waals surface area contributed by atoms with Crippen LogP contribution in [0.1, 0.15) is 51.9 Å². The van der Waals surface area contributed by atoms with E-state index in [1.165, 1.54) is 44.9 Å². The van der Waals surface area contributed by atoms with E-state index in [0.717, 1.165) is 6.61 Å². The van der Waals surface area contributed by atoms with Crippen LogP contribution in [0, 0.1) is 0 Å². The van der Waals surface area contributed by atoms with Crippen LogP contribution in [-0.4, -0.2) is 11.2 Å². The highest BCUT2D eigenvalue weighted by atomic mass is 35.5. The van der Waals surface area contributed by atoms with Crippen LogP contribution in [0.25, 0.3) is 0 Å². The van der Waals surface area contributed by atoms with E-state index in [0.29, 0.717) is 6.73 Å². The van der Waals surface area contributed by atoms with Crippen molar-refractivity contribution in [1.29, 1.82) is 0 Å². The van der Waals surface area contributed by atoms with E-state index in [1.807, 2.05) is 30.3 Å². The molecule has 1 aromatic heterocycles. The third-order valence-corrected chi connectivity index (χ3v) is 2.96. The molecule has 0 spiro atoms. The second-order valence-corrected chi connectivity index (χ2v) is 4.75. The summed E-state index contributed by atoms with van der Waals surface area (Å²) in [6.07, 6.45) is 15.5. The van der Waals surface area contributed by atoms with E-state index in [1.54, 1.807) is 0 Å². The lowest BCUT2D eigenvalue weighted by molar-refractivity contribution is -0.671. The molecule has 0 unspecified atom stereocenters. The Morgan fingerprint density at radius 1 is 1.06 bits per heavy atom. The SMILES string of the molecule is CCCCCCCCCOCn1cc[n+](C)c1.[Cl-]. The van der Waals surface area contributed by atoms with Crippen molar-refractivity contribution in [3.8, 4) is 0 Å². The minimum absolute atomic E-state index is 0. The predicted octanol–water partition coefficient (Wildman–Crippen LogP) is 0.0413. The van der Waals surface area contributed by atoms with Gasteiger partial charge < -0.3 is 17.1 Å². The van der Waals surface area contributed by atoms with Crippen LogP contribution in [-0.2, 0) is 18.5 Å². The van der Waals surface area contributed by atoms with Crippen molar-refractivity contribution in [3.05, 3.63) is 18.7 Å². The summed E-state index contributed by atoms with van der Waals surface area (Å²) in [5.41, 5.74) is 0. The van der Waals surface area contributed by atoms with Crippen molar-refractivity contribution in [2.24, 2.45) is 7.05 Å². The normalized spacial score (nSPS) is 10.3. The number of nitrogens with zero attached hydrogens (tertiary/aromatic N) is 2. The van der Waals surface area contributed by atoms with E-state index < -0.39 is 0 Å². The number of ether oxygens (including phenoxy) is 1. The molecule has 0 saturated heterocycles. The highest BCUT2D eigenvalue weighted by Gasteiger charge is 1.98. The fourth-order valence-corrected chi connectivity index (χ4v) is 1.91. The van der Waals surface area contributed by atoms with Gasteiger partial charge in [-0.25, -0.2) is 9.13 Å². The zero-order valence-electron chi connectivity index (χ0n) is 11.8. The lowest BCUT2D eigenvalue weighted by Crippen LogP contribution is -3.00. The molecule has 0 aliphatic heterocycles. The standard InChI is InChI=1S/C14H27N2O.ClH/c1-3-4-5-6-7-8-9-12-17-14-16-11-10-15(2)13-16;/h10-11,13H,3-9,12,14H2,1-2H3;1H/q+1;/p-1. The summed E-state index contributed by atoms with van der Waals surface area (Å²) in [5, 5.41) is 0. The van der Waals surface area contributed by atoms with Crippen LogP contribution in [0.15, 0.2) is 18.7 Å². The summed E-state index contributed by atoms with van der Waals surface area (Å²) in [6, 6.07) is 0. The molecule has 1 heterocycles. The van der Waals surface area contributed by atoms with Gasteiger partial charge in [-0.15, -0.1) is 0 Å². The van der Waals surface area contributed by atoms with E-state index in [4.69, 9.17) is 4.74 Å². The number of halogens is 1. The quantitative estimate of drug-likeness (QED) is 0.435. The predicted molar refractivity (Wildman–Crippen MR) is 69.6 cm³/mol. The molecule has 3 nitrogen and oxygen atoms in total. The number of hydrogen-bond acceptors (Lipinski definition) is 1. The van der Waals surface area contributed by atoms with E-state index in [9.17, 15) is 0 Å². The molecular formula is C14H27ClN2O. The molecule has 18 heavy (non-hydrogen) atoms. The van der Waals surface area contributed by atoms with Gasteiger partial charge in [-0.1, -0.05) is 45.4 Å². The Hall–Kier alpha value is -0.540. The highest BCUT2D eigenvalue weighted by molar-refractivity contribution is 4.63. The molecule has 106 valence electrons. The largest absolute Gasteiger partial charge is 1.00 e. The van der Waals surface area contributed by atoms with Crippen molar-refractivity contribution >= 4 is 0 Å². The molecule has 0 saturated carbocycles. The molecule has 1 aromatic rings. The maximum absolute atomic E-state index is 5.61. The van der Waals surface area contributed by atoms with Crippen LogP contribution in [0.2, 0.25) is 0 Å². The first kappa shape index (κ1) is 17.5. The second kappa shape index (κ2) is 11.5. The van der Waals surface area contributed by atoms with Gasteiger partial charge in [0.05, 0.1) is 13.7 Å².